The topological polar surface area (TPSA) is 58.2 Å². The SMILES string of the molecule is C[C@@H](Cc1ccc(Br)cc1)NC(=O)CCCNC(=O)C1CC1. The zero-order chi connectivity index (χ0) is 15.9. The van der Waals surface area contributed by atoms with Crippen LogP contribution in [0.1, 0.15) is 38.2 Å². The zero-order valence-electron chi connectivity index (χ0n) is 12.9. The normalized spacial score (nSPS) is 15.2. The first-order chi connectivity index (χ1) is 10.5. The lowest BCUT2D eigenvalue weighted by molar-refractivity contribution is -0.123. The summed E-state index contributed by atoms with van der Waals surface area (Å²) in [5.41, 5.74) is 1.20. The molecule has 22 heavy (non-hydrogen) atoms. The van der Waals surface area contributed by atoms with Gasteiger partial charge in [-0.05, 0) is 50.3 Å². The number of carbonyl (C=O) groups is 2. The maximum Gasteiger partial charge on any atom is 0.223 e. The van der Waals surface area contributed by atoms with Crippen LogP contribution in [0.15, 0.2) is 28.7 Å². The molecule has 1 atom stereocenters. The minimum Gasteiger partial charge on any atom is -0.356 e. The summed E-state index contributed by atoms with van der Waals surface area (Å²) >= 11 is 3.41. The van der Waals surface area contributed by atoms with Gasteiger partial charge in [0.05, 0.1) is 0 Å². The molecular weight excluding hydrogens is 344 g/mol. The third-order valence-corrected chi connectivity index (χ3v) is 4.22. The van der Waals surface area contributed by atoms with E-state index in [0.29, 0.717) is 19.4 Å². The van der Waals surface area contributed by atoms with E-state index in [1.54, 1.807) is 0 Å². The van der Waals surface area contributed by atoms with E-state index >= 15 is 0 Å². The third kappa shape index (κ3) is 6.18. The molecule has 5 heteroatoms. The fourth-order valence-corrected chi connectivity index (χ4v) is 2.59. The van der Waals surface area contributed by atoms with Gasteiger partial charge in [-0.25, -0.2) is 0 Å². The highest BCUT2D eigenvalue weighted by Gasteiger charge is 2.28. The zero-order valence-corrected chi connectivity index (χ0v) is 14.5. The lowest BCUT2D eigenvalue weighted by Crippen LogP contribution is -2.34. The van der Waals surface area contributed by atoms with Gasteiger partial charge in [0.1, 0.15) is 0 Å². The van der Waals surface area contributed by atoms with E-state index in [2.05, 4.69) is 38.7 Å². The third-order valence-electron chi connectivity index (χ3n) is 3.69. The van der Waals surface area contributed by atoms with Crippen molar-refractivity contribution in [2.45, 2.75) is 45.1 Å². The fourth-order valence-electron chi connectivity index (χ4n) is 2.32. The van der Waals surface area contributed by atoms with Crippen LogP contribution < -0.4 is 10.6 Å². The van der Waals surface area contributed by atoms with Crippen LogP contribution >= 0.6 is 15.9 Å². The summed E-state index contributed by atoms with van der Waals surface area (Å²) in [7, 11) is 0. The second-order valence-electron chi connectivity index (χ2n) is 5.97. The molecule has 1 fully saturated rings. The first-order valence-electron chi connectivity index (χ1n) is 7.86. The Labute approximate surface area is 140 Å². The lowest BCUT2D eigenvalue weighted by atomic mass is 10.1. The quantitative estimate of drug-likeness (QED) is 0.695. The van der Waals surface area contributed by atoms with Crippen molar-refractivity contribution in [2.75, 3.05) is 6.54 Å². The molecule has 1 saturated carbocycles. The average molecular weight is 367 g/mol. The van der Waals surface area contributed by atoms with Crippen molar-refractivity contribution >= 4 is 27.7 Å². The number of rotatable bonds is 8. The highest BCUT2D eigenvalue weighted by atomic mass is 79.9. The van der Waals surface area contributed by atoms with E-state index in [1.165, 1.54) is 5.56 Å². The van der Waals surface area contributed by atoms with E-state index in [-0.39, 0.29) is 23.8 Å². The van der Waals surface area contributed by atoms with Crippen molar-refractivity contribution in [3.05, 3.63) is 34.3 Å². The Balaban J connectivity index is 1.59. The summed E-state index contributed by atoms with van der Waals surface area (Å²) in [5, 5.41) is 5.88. The average Bonchev–Trinajstić information content (AvgIpc) is 3.30. The molecule has 2 amide bonds. The number of carbonyl (C=O) groups excluding carboxylic acids is 2. The molecule has 0 saturated heterocycles. The van der Waals surface area contributed by atoms with Gasteiger partial charge in [0.15, 0.2) is 0 Å². The predicted molar refractivity (Wildman–Crippen MR) is 90.4 cm³/mol. The molecule has 1 aliphatic rings. The number of nitrogens with one attached hydrogen (secondary N) is 2. The molecule has 0 aromatic heterocycles. The minimum absolute atomic E-state index is 0.0466. The van der Waals surface area contributed by atoms with E-state index in [1.807, 2.05) is 19.1 Å². The number of amides is 2. The Bertz CT molecular complexity index is 512. The van der Waals surface area contributed by atoms with Crippen LogP contribution in [-0.2, 0) is 16.0 Å². The van der Waals surface area contributed by atoms with Crippen molar-refractivity contribution in [1.29, 1.82) is 0 Å². The fraction of sp³-hybridized carbons (Fsp3) is 0.529. The van der Waals surface area contributed by atoms with E-state index in [0.717, 1.165) is 23.7 Å². The van der Waals surface area contributed by atoms with Crippen molar-refractivity contribution < 1.29 is 9.59 Å². The summed E-state index contributed by atoms with van der Waals surface area (Å²) in [6.07, 6.45) is 3.99. The predicted octanol–water partition coefficient (Wildman–Crippen LogP) is 2.80. The first-order valence-corrected chi connectivity index (χ1v) is 8.65. The number of hydrogen-bond donors (Lipinski definition) is 2. The van der Waals surface area contributed by atoms with E-state index in [4.69, 9.17) is 0 Å². The molecular formula is C17H23BrN2O2. The molecule has 0 aliphatic heterocycles. The first kappa shape index (κ1) is 17.0. The van der Waals surface area contributed by atoms with Crippen LogP contribution in [0.5, 0.6) is 0 Å². The highest BCUT2D eigenvalue weighted by molar-refractivity contribution is 9.10. The lowest BCUT2D eigenvalue weighted by Gasteiger charge is -2.14. The molecule has 2 N–H and O–H groups in total. The maximum absolute atomic E-state index is 11.9. The summed E-state index contributed by atoms with van der Waals surface area (Å²) in [6, 6.07) is 8.23. The van der Waals surface area contributed by atoms with Gasteiger partial charge in [-0.3, -0.25) is 9.59 Å². The molecule has 0 bridgehead atoms. The summed E-state index contributed by atoms with van der Waals surface area (Å²) in [4.78, 5) is 23.3. The number of benzene rings is 1. The van der Waals surface area contributed by atoms with Gasteiger partial charge in [0.25, 0.3) is 0 Å². The smallest absolute Gasteiger partial charge is 0.223 e. The molecule has 1 aliphatic carbocycles. The van der Waals surface area contributed by atoms with Gasteiger partial charge < -0.3 is 10.6 Å². The monoisotopic (exact) mass is 366 g/mol. The van der Waals surface area contributed by atoms with Crippen LogP contribution in [-0.4, -0.2) is 24.4 Å². The molecule has 0 unspecified atom stereocenters. The Morgan fingerprint density at radius 3 is 2.59 bits per heavy atom. The largest absolute Gasteiger partial charge is 0.356 e. The van der Waals surface area contributed by atoms with Gasteiger partial charge in [0, 0.05) is 29.4 Å². The van der Waals surface area contributed by atoms with Gasteiger partial charge in [-0.2, -0.15) is 0 Å². The summed E-state index contributed by atoms with van der Waals surface area (Å²) in [6.45, 7) is 2.60. The molecule has 2 rings (SSSR count). The molecule has 4 nitrogen and oxygen atoms in total. The van der Waals surface area contributed by atoms with E-state index in [9.17, 15) is 9.59 Å². The van der Waals surface area contributed by atoms with Crippen molar-refractivity contribution in [3.8, 4) is 0 Å². The highest BCUT2D eigenvalue weighted by Crippen LogP contribution is 2.28. The number of hydrogen-bond acceptors (Lipinski definition) is 2. The summed E-state index contributed by atoms with van der Waals surface area (Å²) < 4.78 is 1.06. The van der Waals surface area contributed by atoms with Crippen LogP contribution in [0.3, 0.4) is 0 Å². The van der Waals surface area contributed by atoms with Gasteiger partial charge in [0.2, 0.25) is 11.8 Å². The molecule has 0 radical (unpaired) electrons. The second-order valence-corrected chi connectivity index (χ2v) is 6.88. The van der Waals surface area contributed by atoms with Crippen LogP contribution in [0, 0.1) is 5.92 Å². The van der Waals surface area contributed by atoms with Crippen LogP contribution in [0.4, 0.5) is 0 Å². The maximum atomic E-state index is 11.9. The number of halogens is 1. The van der Waals surface area contributed by atoms with Gasteiger partial charge in [-0.1, -0.05) is 28.1 Å². The van der Waals surface area contributed by atoms with Crippen molar-refractivity contribution in [3.63, 3.8) is 0 Å². The molecule has 120 valence electrons. The Kier molecular flexibility index (Phi) is 6.43. The summed E-state index contributed by atoms with van der Waals surface area (Å²) in [5.74, 6) is 0.425. The standard InChI is InChI=1S/C17H23BrN2O2/c1-12(11-13-4-8-15(18)9-5-13)20-16(21)3-2-10-19-17(22)14-6-7-14/h4-5,8-9,12,14H,2-3,6-7,10-11H2,1H3,(H,19,22)(H,20,21)/t12-/m0/s1. The van der Waals surface area contributed by atoms with E-state index < -0.39 is 0 Å². The minimum atomic E-state index is 0.0466. The van der Waals surface area contributed by atoms with Crippen molar-refractivity contribution in [1.82, 2.24) is 10.6 Å². The van der Waals surface area contributed by atoms with Gasteiger partial charge in [-0.15, -0.1) is 0 Å². The molecule has 1 aromatic carbocycles. The Hall–Kier alpha value is -1.36. The van der Waals surface area contributed by atoms with Crippen molar-refractivity contribution in [2.24, 2.45) is 5.92 Å². The molecule has 1 aromatic rings. The van der Waals surface area contributed by atoms with Crippen LogP contribution in [0.2, 0.25) is 0 Å². The molecule has 0 spiro atoms. The molecule has 0 heterocycles. The van der Waals surface area contributed by atoms with Gasteiger partial charge >= 0.3 is 0 Å². The Morgan fingerprint density at radius 2 is 1.95 bits per heavy atom. The second kappa shape index (κ2) is 8.32. The van der Waals surface area contributed by atoms with Crippen LogP contribution in [0.25, 0.3) is 0 Å². The Morgan fingerprint density at radius 1 is 1.27 bits per heavy atom.